The Kier molecular flexibility index (Phi) is 4.15. The van der Waals surface area contributed by atoms with E-state index < -0.39 is 0 Å². The van der Waals surface area contributed by atoms with Crippen LogP contribution in [0, 0.1) is 0 Å². The molecular weight excluding hydrogens is 256 g/mol. The van der Waals surface area contributed by atoms with Crippen molar-refractivity contribution in [3.05, 3.63) is 90.5 Å². The molecule has 0 radical (unpaired) electrons. The molecule has 0 saturated carbocycles. The molecule has 2 unspecified atom stereocenters. The summed E-state index contributed by atoms with van der Waals surface area (Å²) in [5, 5.41) is 0. The Balaban J connectivity index is 1.91. The van der Waals surface area contributed by atoms with Crippen LogP contribution in [0.4, 0.5) is 0 Å². The molecule has 0 spiro atoms. The second-order valence-corrected chi connectivity index (χ2v) is 5.51. The molecule has 0 amide bonds. The second-order valence-electron chi connectivity index (χ2n) is 5.51. The van der Waals surface area contributed by atoms with Gasteiger partial charge in [-0.1, -0.05) is 60.7 Å². The van der Waals surface area contributed by atoms with E-state index in [-0.39, 0.29) is 0 Å². The standard InChI is InChI=1S/C19H20N2/c1-16(21-13-12-20-15-21)19(18-10-6-3-7-11-18)14-17-8-4-2-5-9-17/h2-13,15-16,19H,14H2,1H3/p+1. The maximum Gasteiger partial charge on any atom is 0.241 e. The highest BCUT2D eigenvalue weighted by Crippen LogP contribution is 2.28. The maximum absolute atomic E-state index is 3.14. The highest BCUT2D eigenvalue weighted by atomic mass is 15.0. The quantitative estimate of drug-likeness (QED) is 0.683. The molecule has 21 heavy (non-hydrogen) atoms. The van der Waals surface area contributed by atoms with Crippen molar-refractivity contribution in [2.45, 2.75) is 25.3 Å². The maximum atomic E-state index is 3.14. The Morgan fingerprint density at radius 3 is 2.24 bits per heavy atom. The van der Waals surface area contributed by atoms with Gasteiger partial charge in [-0.15, -0.1) is 0 Å². The Labute approximate surface area is 126 Å². The van der Waals surface area contributed by atoms with E-state index in [1.165, 1.54) is 11.1 Å². The van der Waals surface area contributed by atoms with Gasteiger partial charge in [0.25, 0.3) is 0 Å². The highest BCUT2D eigenvalue weighted by Gasteiger charge is 2.24. The van der Waals surface area contributed by atoms with Gasteiger partial charge in [0, 0.05) is 5.92 Å². The number of rotatable bonds is 5. The number of hydrogen-bond donors (Lipinski definition) is 1. The fourth-order valence-corrected chi connectivity index (χ4v) is 2.90. The van der Waals surface area contributed by atoms with Crippen LogP contribution in [0.3, 0.4) is 0 Å². The third kappa shape index (κ3) is 3.22. The first-order chi connectivity index (χ1) is 10.3. The molecule has 0 saturated heterocycles. The number of benzene rings is 2. The molecule has 0 aliphatic rings. The van der Waals surface area contributed by atoms with Crippen molar-refractivity contribution < 1.29 is 4.57 Å². The first kappa shape index (κ1) is 13.6. The fraction of sp³-hybridized carbons (Fsp3) is 0.211. The average molecular weight is 277 g/mol. The van der Waals surface area contributed by atoms with Crippen molar-refractivity contribution in [2.24, 2.45) is 0 Å². The number of nitrogens with one attached hydrogen (secondary N) is 1. The van der Waals surface area contributed by atoms with Crippen molar-refractivity contribution in [3.63, 3.8) is 0 Å². The average Bonchev–Trinajstić information content (AvgIpc) is 3.08. The lowest BCUT2D eigenvalue weighted by atomic mass is 9.86. The number of imidazole rings is 1. The van der Waals surface area contributed by atoms with Crippen molar-refractivity contribution in [1.82, 2.24) is 4.98 Å². The third-order valence-electron chi connectivity index (χ3n) is 4.15. The Morgan fingerprint density at radius 1 is 0.952 bits per heavy atom. The largest absolute Gasteiger partial charge is 0.250 e. The summed E-state index contributed by atoms with van der Waals surface area (Å²) in [6.45, 7) is 2.29. The van der Waals surface area contributed by atoms with E-state index in [4.69, 9.17) is 0 Å². The number of aromatic amines is 1. The lowest BCUT2D eigenvalue weighted by Gasteiger charge is -2.22. The normalized spacial score (nSPS) is 13.8. The van der Waals surface area contributed by atoms with Crippen LogP contribution < -0.4 is 4.57 Å². The smallest absolute Gasteiger partial charge is 0.241 e. The van der Waals surface area contributed by atoms with E-state index in [0.29, 0.717) is 12.0 Å². The molecule has 2 nitrogen and oxygen atoms in total. The zero-order chi connectivity index (χ0) is 14.5. The minimum absolute atomic E-state index is 0.402. The summed E-state index contributed by atoms with van der Waals surface area (Å²) in [5.74, 6) is 0.453. The second kappa shape index (κ2) is 6.40. The van der Waals surface area contributed by atoms with Gasteiger partial charge >= 0.3 is 0 Å². The monoisotopic (exact) mass is 277 g/mol. The first-order valence-electron chi connectivity index (χ1n) is 7.47. The summed E-state index contributed by atoms with van der Waals surface area (Å²) < 4.78 is 2.25. The van der Waals surface area contributed by atoms with Crippen LogP contribution in [0.1, 0.15) is 30.0 Å². The van der Waals surface area contributed by atoms with Crippen molar-refractivity contribution in [1.29, 1.82) is 0 Å². The number of aromatic nitrogens is 2. The fourth-order valence-electron chi connectivity index (χ4n) is 2.90. The van der Waals surface area contributed by atoms with Gasteiger partial charge in [-0.3, -0.25) is 4.98 Å². The molecule has 1 aromatic heterocycles. The molecule has 1 N–H and O–H groups in total. The zero-order valence-electron chi connectivity index (χ0n) is 12.3. The van der Waals surface area contributed by atoms with E-state index in [1.54, 1.807) is 0 Å². The van der Waals surface area contributed by atoms with Crippen LogP contribution in [0.15, 0.2) is 79.4 Å². The topological polar surface area (TPSA) is 19.7 Å². The molecule has 3 aromatic rings. The molecule has 106 valence electrons. The van der Waals surface area contributed by atoms with Gasteiger partial charge in [-0.2, -0.15) is 0 Å². The summed E-state index contributed by atoms with van der Waals surface area (Å²) in [4.78, 5) is 3.14. The molecule has 3 rings (SSSR count). The molecule has 0 bridgehead atoms. The van der Waals surface area contributed by atoms with E-state index in [1.807, 2.05) is 12.5 Å². The van der Waals surface area contributed by atoms with Crippen LogP contribution in [0.5, 0.6) is 0 Å². The van der Waals surface area contributed by atoms with Crippen molar-refractivity contribution >= 4 is 0 Å². The molecule has 2 atom stereocenters. The number of hydrogen-bond acceptors (Lipinski definition) is 0. The molecular formula is C19H21N2+. The van der Waals surface area contributed by atoms with E-state index in [0.717, 1.165) is 6.42 Å². The molecule has 2 heteroatoms. The minimum atomic E-state index is 0.402. The molecule has 2 aromatic carbocycles. The Morgan fingerprint density at radius 2 is 1.62 bits per heavy atom. The van der Waals surface area contributed by atoms with Gasteiger partial charge in [0.2, 0.25) is 6.33 Å². The predicted octanol–water partition coefficient (Wildman–Crippen LogP) is 3.89. The lowest BCUT2D eigenvalue weighted by Crippen LogP contribution is -2.39. The molecule has 0 aliphatic carbocycles. The molecule has 0 fully saturated rings. The number of H-pyrrole nitrogens is 1. The highest BCUT2D eigenvalue weighted by molar-refractivity contribution is 5.24. The van der Waals surface area contributed by atoms with Gasteiger partial charge in [0.15, 0.2) is 0 Å². The summed E-state index contributed by atoms with van der Waals surface area (Å²) in [5.41, 5.74) is 2.77. The summed E-state index contributed by atoms with van der Waals surface area (Å²) in [6, 6.07) is 21.9. The van der Waals surface area contributed by atoms with Crippen LogP contribution >= 0.6 is 0 Å². The predicted molar refractivity (Wildman–Crippen MR) is 85.0 cm³/mol. The van der Waals surface area contributed by atoms with Crippen LogP contribution in [0.2, 0.25) is 0 Å². The van der Waals surface area contributed by atoms with Gasteiger partial charge in [0.1, 0.15) is 18.4 Å². The van der Waals surface area contributed by atoms with Crippen molar-refractivity contribution in [2.75, 3.05) is 0 Å². The minimum Gasteiger partial charge on any atom is -0.250 e. The van der Waals surface area contributed by atoms with Crippen LogP contribution in [-0.4, -0.2) is 4.98 Å². The third-order valence-corrected chi connectivity index (χ3v) is 4.15. The van der Waals surface area contributed by atoms with E-state index >= 15 is 0 Å². The van der Waals surface area contributed by atoms with Gasteiger partial charge in [0.05, 0.1) is 0 Å². The van der Waals surface area contributed by atoms with Crippen molar-refractivity contribution in [3.8, 4) is 0 Å². The lowest BCUT2D eigenvalue weighted by molar-refractivity contribution is -0.721. The van der Waals surface area contributed by atoms with Crippen LogP contribution in [-0.2, 0) is 6.42 Å². The zero-order valence-corrected chi connectivity index (χ0v) is 12.3. The summed E-state index contributed by atoms with van der Waals surface area (Å²) in [6.07, 6.45) is 7.16. The van der Waals surface area contributed by atoms with Gasteiger partial charge in [-0.25, -0.2) is 4.57 Å². The van der Waals surface area contributed by atoms with E-state index in [9.17, 15) is 0 Å². The van der Waals surface area contributed by atoms with Gasteiger partial charge < -0.3 is 0 Å². The Bertz CT molecular complexity index is 645. The van der Waals surface area contributed by atoms with Crippen LogP contribution in [0.25, 0.3) is 0 Å². The SMILES string of the molecule is CC(C(Cc1ccccc1)c1ccccc1)[n+]1cc[nH]c1. The summed E-state index contributed by atoms with van der Waals surface area (Å²) in [7, 11) is 0. The molecule has 0 aliphatic heterocycles. The molecule has 1 heterocycles. The van der Waals surface area contributed by atoms with E-state index in [2.05, 4.69) is 83.3 Å². The van der Waals surface area contributed by atoms with Gasteiger partial charge in [-0.05, 0) is 24.5 Å². The first-order valence-corrected chi connectivity index (χ1v) is 7.47. The summed E-state index contributed by atoms with van der Waals surface area (Å²) >= 11 is 0. The number of nitrogens with zero attached hydrogens (tertiary/aromatic N) is 1. The Hall–Kier alpha value is -2.35.